The Hall–Kier alpha value is -3.57. The van der Waals surface area contributed by atoms with Crippen LogP contribution in [-0.2, 0) is 19.6 Å². The number of piperazine rings is 1. The Balaban J connectivity index is 0.000000775. The van der Waals surface area contributed by atoms with Gasteiger partial charge >= 0.3 is 0 Å². The highest BCUT2D eigenvalue weighted by molar-refractivity contribution is 7.90. The fraction of sp³-hybridized carbons (Fsp3) is 0.238. The molecule has 2 aliphatic rings. The molecule has 10 nitrogen and oxygen atoms in total. The van der Waals surface area contributed by atoms with Gasteiger partial charge in [-0.1, -0.05) is 12.1 Å². The highest BCUT2D eigenvalue weighted by Crippen LogP contribution is 2.37. The topological polar surface area (TPSA) is 130 Å². The third kappa shape index (κ3) is 3.87. The van der Waals surface area contributed by atoms with Gasteiger partial charge in [0.05, 0.1) is 5.52 Å². The van der Waals surface area contributed by atoms with Crippen molar-refractivity contribution < 1.29 is 27.9 Å². The van der Waals surface area contributed by atoms with Crippen LogP contribution in [0.2, 0.25) is 0 Å². The maximum Gasteiger partial charge on any atom is 0.290 e. The summed E-state index contributed by atoms with van der Waals surface area (Å²) < 4.78 is 33.7. The number of nitrogens with zero attached hydrogens (tertiary/aromatic N) is 2. The first-order chi connectivity index (χ1) is 15.5. The summed E-state index contributed by atoms with van der Waals surface area (Å²) in [6.45, 7) is 3.15. The molecule has 5 rings (SSSR count). The molecule has 2 aliphatic heterocycles. The summed E-state index contributed by atoms with van der Waals surface area (Å²) in [5.41, 5.74) is 1.80. The van der Waals surface area contributed by atoms with E-state index in [-0.39, 0.29) is 29.6 Å². The number of aromatic nitrogens is 1. The number of ether oxygens (including phenoxy) is 1. The number of hydrogen-bond donors (Lipinski definition) is 3. The molecule has 11 heteroatoms. The van der Waals surface area contributed by atoms with E-state index in [2.05, 4.69) is 15.5 Å². The van der Waals surface area contributed by atoms with E-state index in [4.69, 9.17) is 14.6 Å². The number of para-hydroxylation sites is 1. The van der Waals surface area contributed by atoms with Gasteiger partial charge in [0.15, 0.2) is 6.61 Å². The van der Waals surface area contributed by atoms with Crippen LogP contribution in [0.3, 0.4) is 0 Å². The molecule has 0 radical (unpaired) electrons. The van der Waals surface area contributed by atoms with Crippen LogP contribution in [0.25, 0.3) is 10.9 Å². The third-order valence-corrected chi connectivity index (χ3v) is 7.01. The molecule has 3 heterocycles. The van der Waals surface area contributed by atoms with E-state index in [9.17, 15) is 13.2 Å². The van der Waals surface area contributed by atoms with Crippen LogP contribution in [0.4, 0.5) is 11.4 Å². The zero-order chi connectivity index (χ0) is 22.7. The summed E-state index contributed by atoms with van der Waals surface area (Å²) in [5.74, 6) is -0.0258. The van der Waals surface area contributed by atoms with Crippen LogP contribution in [0.5, 0.6) is 5.75 Å². The molecule has 0 bridgehead atoms. The Bertz CT molecular complexity index is 1260. The van der Waals surface area contributed by atoms with Crippen molar-refractivity contribution in [2.45, 2.75) is 4.90 Å². The number of carbonyl (C=O) groups is 2. The number of carboxylic acid groups (broad SMARTS) is 1. The van der Waals surface area contributed by atoms with Crippen LogP contribution in [0.1, 0.15) is 0 Å². The summed E-state index contributed by atoms with van der Waals surface area (Å²) in [5, 5.41) is 13.7. The fourth-order valence-corrected chi connectivity index (χ4v) is 5.42. The van der Waals surface area contributed by atoms with Crippen LogP contribution in [0.15, 0.2) is 53.6 Å². The normalized spacial score (nSPS) is 15.8. The van der Waals surface area contributed by atoms with Crippen LogP contribution < -0.4 is 20.3 Å². The van der Waals surface area contributed by atoms with Crippen molar-refractivity contribution in [3.8, 4) is 5.75 Å². The van der Waals surface area contributed by atoms with Gasteiger partial charge in [0.1, 0.15) is 16.3 Å². The number of hydrogen-bond acceptors (Lipinski definition) is 7. The molecular weight excluding hydrogens is 436 g/mol. The molecular formula is C21H22N4O6S. The van der Waals surface area contributed by atoms with Crippen molar-refractivity contribution in [1.82, 2.24) is 9.29 Å². The van der Waals surface area contributed by atoms with Crippen molar-refractivity contribution in [2.75, 3.05) is 43.0 Å². The Kier molecular flexibility index (Phi) is 6.01. The van der Waals surface area contributed by atoms with Gasteiger partial charge in [0, 0.05) is 43.4 Å². The standard InChI is InChI=1S/C20H20N4O4S.CH2O2/c25-19-13-28-17-5-2-6-18(20(17)22-19)29(26,27)24-10-7-14-15(3-1-4-16(14)24)23-11-8-21-9-12-23;2-1-3/h1-7,10,21H,8-9,11-13H2,(H,22,25);1H,(H,2,3). The monoisotopic (exact) mass is 458 g/mol. The highest BCUT2D eigenvalue weighted by Gasteiger charge is 2.28. The summed E-state index contributed by atoms with van der Waals surface area (Å²) in [6, 6.07) is 12.2. The van der Waals surface area contributed by atoms with Gasteiger partial charge in [-0.2, -0.15) is 0 Å². The number of amides is 1. The average Bonchev–Trinajstić information content (AvgIpc) is 3.25. The molecule has 0 aliphatic carbocycles. The smallest absolute Gasteiger partial charge is 0.290 e. The Morgan fingerprint density at radius 1 is 1.06 bits per heavy atom. The molecule has 3 N–H and O–H groups in total. The first-order valence-corrected chi connectivity index (χ1v) is 11.4. The summed E-state index contributed by atoms with van der Waals surface area (Å²) in [4.78, 5) is 22.4. The van der Waals surface area contributed by atoms with E-state index < -0.39 is 10.0 Å². The van der Waals surface area contributed by atoms with E-state index in [0.29, 0.717) is 11.3 Å². The van der Waals surface area contributed by atoms with Gasteiger partial charge in [-0.3, -0.25) is 9.59 Å². The molecule has 168 valence electrons. The highest BCUT2D eigenvalue weighted by atomic mass is 32.2. The lowest BCUT2D eigenvalue weighted by Crippen LogP contribution is -2.43. The van der Waals surface area contributed by atoms with Crippen LogP contribution in [-0.4, -0.2) is 62.7 Å². The molecule has 1 saturated heterocycles. The zero-order valence-electron chi connectivity index (χ0n) is 17.0. The molecule has 1 fully saturated rings. The number of nitrogens with one attached hydrogen (secondary N) is 2. The quantitative estimate of drug-likeness (QED) is 0.501. The minimum absolute atomic E-state index is 0.00752. The Morgan fingerprint density at radius 3 is 2.53 bits per heavy atom. The lowest BCUT2D eigenvalue weighted by molar-refractivity contribution is -0.123. The molecule has 3 aromatic rings. The first kappa shape index (κ1) is 21.7. The summed E-state index contributed by atoms with van der Waals surface area (Å²) >= 11 is 0. The van der Waals surface area contributed by atoms with Gasteiger partial charge in [0.25, 0.3) is 22.4 Å². The summed E-state index contributed by atoms with van der Waals surface area (Å²) in [7, 11) is -3.94. The first-order valence-electron chi connectivity index (χ1n) is 9.92. The number of anilines is 2. The van der Waals surface area contributed by atoms with Crippen molar-refractivity contribution >= 4 is 44.7 Å². The predicted octanol–water partition coefficient (Wildman–Crippen LogP) is 1.32. The molecule has 0 unspecified atom stereocenters. The van der Waals surface area contributed by atoms with Crippen molar-refractivity contribution in [3.05, 3.63) is 48.7 Å². The van der Waals surface area contributed by atoms with Crippen molar-refractivity contribution in [3.63, 3.8) is 0 Å². The van der Waals surface area contributed by atoms with Gasteiger partial charge in [-0.15, -0.1) is 0 Å². The van der Waals surface area contributed by atoms with Crippen LogP contribution in [0, 0.1) is 0 Å². The SMILES string of the molecule is O=C1COc2cccc(S(=O)(=O)n3ccc4c(N5CCNCC5)cccc43)c2N1.O=CO. The number of rotatable bonds is 3. The largest absolute Gasteiger partial charge is 0.483 e. The van der Waals surface area contributed by atoms with Gasteiger partial charge in [-0.05, 0) is 30.3 Å². The number of benzene rings is 2. The lowest BCUT2D eigenvalue weighted by atomic mass is 10.2. The fourth-order valence-electron chi connectivity index (χ4n) is 3.91. The predicted molar refractivity (Wildman–Crippen MR) is 119 cm³/mol. The molecule has 0 spiro atoms. The van der Waals surface area contributed by atoms with E-state index in [1.165, 1.54) is 10.0 Å². The second kappa shape index (κ2) is 8.89. The summed E-state index contributed by atoms with van der Waals surface area (Å²) in [6.07, 6.45) is 1.57. The number of carbonyl (C=O) groups excluding carboxylic acids is 1. The molecule has 32 heavy (non-hydrogen) atoms. The second-order valence-electron chi connectivity index (χ2n) is 7.14. The molecule has 0 atom stereocenters. The van der Waals surface area contributed by atoms with Crippen LogP contribution >= 0.6 is 0 Å². The Morgan fingerprint density at radius 2 is 1.78 bits per heavy atom. The molecule has 1 amide bonds. The van der Waals surface area contributed by atoms with Gasteiger partial charge in [-0.25, -0.2) is 12.4 Å². The maximum absolute atomic E-state index is 13.5. The van der Waals surface area contributed by atoms with Gasteiger partial charge < -0.3 is 25.4 Å². The minimum atomic E-state index is -3.94. The third-order valence-electron chi connectivity index (χ3n) is 5.28. The molecule has 1 aromatic heterocycles. The molecule has 0 saturated carbocycles. The molecule has 2 aromatic carbocycles. The minimum Gasteiger partial charge on any atom is -0.483 e. The van der Waals surface area contributed by atoms with E-state index in [1.807, 2.05) is 18.2 Å². The zero-order valence-corrected chi connectivity index (χ0v) is 17.8. The van der Waals surface area contributed by atoms with E-state index in [0.717, 1.165) is 37.3 Å². The van der Waals surface area contributed by atoms with Crippen molar-refractivity contribution in [1.29, 1.82) is 0 Å². The maximum atomic E-state index is 13.5. The van der Waals surface area contributed by atoms with E-state index >= 15 is 0 Å². The average molecular weight is 458 g/mol. The second-order valence-corrected chi connectivity index (χ2v) is 8.92. The Labute approximate surface area is 184 Å². The number of fused-ring (bicyclic) bond motifs is 2. The van der Waals surface area contributed by atoms with Gasteiger partial charge in [0.2, 0.25) is 0 Å². The van der Waals surface area contributed by atoms with Crippen molar-refractivity contribution in [2.24, 2.45) is 0 Å². The lowest BCUT2D eigenvalue weighted by Gasteiger charge is -2.30. The van der Waals surface area contributed by atoms with E-state index in [1.54, 1.807) is 24.4 Å².